The van der Waals surface area contributed by atoms with E-state index in [9.17, 15) is 8.42 Å². The molecule has 1 rings (SSSR count). The molecule has 0 unspecified atom stereocenters. The van der Waals surface area contributed by atoms with Crippen LogP contribution in [0.1, 0.15) is 33.1 Å². The molecule has 1 N–H and O–H groups in total. The second kappa shape index (κ2) is 5.82. The van der Waals surface area contributed by atoms with Gasteiger partial charge in [-0.05, 0) is 19.3 Å². The lowest BCUT2D eigenvalue weighted by Gasteiger charge is -2.19. The Morgan fingerprint density at radius 3 is 2.47 bits per heavy atom. The highest BCUT2D eigenvalue weighted by Crippen LogP contribution is 2.18. The molecule has 0 spiro atoms. The molecule has 15 heavy (non-hydrogen) atoms. The summed E-state index contributed by atoms with van der Waals surface area (Å²) in [6, 6.07) is 0.585. The molecule has 1 fully saturated rings. The Balaban J connectivity index is 2.32. The van der Waals surface area contributed by atoms with Gasteiger partial charge in [0.2, 0.25) is 10.0 Å². The van der Waals surface area contributed by atoms with Gasteiger partial charge in [-0.15, -0.1) is 0 Å². The summed E-state index contributed by atoms with van der Waals surface area (Å²) in [7, 11) is -3.03. The number of sulfonamides is 1. The Morgan fingerprint density at radius 2 is 2.00 bits per heavy atom. The molecule has 0 aromatic carbocycles. The number of rotatable bonds is 8. The average molecular weight is 234 g/mol. The molecule has 0 bridgehead atoms. The third-order valence-corrected chi connectivity index (χ3v) is 4.54. The Labute approximate surface area is 93.1 Å². The van der Waals surface area contributed by atoms with Gasteiger partial charge >= 0.3 is 0 Å². The maximum absolute atomic E-state index is 11.8. The number of hydrogen-bond acceptors (Lipinski definition) is 3. The normalized spacial score (nSPS) is 17.3. The van der Waals surface area contributed by atoms with Crippen molar-refractivity contribution in [2.24, 2.45) is 0 Å². The molecule has 0 aliphatic heterocycles. The lowest BCUT2D eigenvalue weighted by Crippen LogP contribution is -2.37. The summed E-state index contributed by atoms with van der Waals surface area (Å²) in [4.78, 5) is 0. The molecule has 0 radical (unpaired) electrons. The number of nitrogens with one attached hydrogen (secondary N) is 1. The van der Waals surface area contributed by atoms with Gasteiger partial charge in [-0.25, -0.2) is 12.7 Å². The summed E-state index contributed by atoms with van der Waals surface area (Å²) in [5.74, 6) is 0.233. The lowest BCUT2D eigenvalue weighted by atomic mass is 10.5. The first-order valence-corrected chi connectivity index (χ1v) is 7.42. The van der Waals surface area contributed by atoms with E-state index in [1.54, 1.807) is 4.31 Å². The highest BCUT2D eigenvalue weighted by molar-refractivity contribution is 7.89. The van der Waals surface area contributed by atoms with E-state index in [1.165, 1.54) is 12.8 Å². The Kier molecular flexibility index (Phi) is 5.02. The molecule has 1 aliphatic carbocycles. The van der Waals surface area contributed by atoms with Crippen LogP contribution in [0.5, 0.6) is 0 Å². The summed E-state index contributed by atoms with van der Waals surface area (Å²) in [5.41, 5.74) is 0. The SMILES string of the molecule is CCCN(CC)S(=O)(=O)CCNC1CC1. The number of nitrogens with zero attached hydrogens (tertiary/aromatic N) is 1. The van der Waals surface area contributed by atoms with Crippen molar-refractivity contribution in [3.8, 4) is 0 Å². The fraction of sp³-hybridized carbons (Fsp3) is 1.00. The molecule has 0 aromatic rings. The minimum absolute atomic E-state index is 0.233. The van der Waals surface area contributed by atoms with E-state index in [4.69, 9.17) is 0 Å². The predicted molar refractivity (Wildman–Crippen MR) is 62.3 cm³/mol. The van der Waals surface area contributed by atoms with Crippen LogP contribution >= 0.6 is 0 Å². The summed E-state index contributed by atoms with van der Waals surface area (Å²) >= 11 is 0. The highest BCUT2D eigenvalue weighted by Gasteiger charge is 2.23. The predicted octanol–water partition coefficient (Wildman–Crippen LogP) is 0.800. The minimum Gasteiger partial charge on any atom is -0.313 e. The first kappa shape index (κ1) is 12.9. The van der Waals surface area contributed by atoms with E-state index in [1.807, 2.05) is 13.8 Å². The molecule has 90 valence electrons. The van der Waals surface area contributed by atoms with Gasteiger partial charge in [0.1, 0.15) is 0 Å². The van der Waals surface area contributed by atoms with Crippen molar-refractivity contribution in [2.45, 2.75) is 39.2 Å². The van der Waals surface area contributed by atoms with Crippen LogP contribution in [0.3, 0.4) is 0 Å². The molecule has 0 amide bonds. The largest absolute Gasteiger partial charge is 0.313 e. The minimum atomic E-state index is -3.03. The van der Waals surface area contributed by atoms with Gasteiger partial charge in [0.25, 0.3) is 0 Å². The zero-order valence-corrected chi connectivity index (χ0v) is 10.5. The molecular weight excluding hydrogens is 212 g/mol. The van der Waals surface area contributed by atoms with Crippen LogP contribution in [0.4, 0.5) is 0 Å². The smallest absolute Gasteiger partial charge is 0.215 e. The Bertz CT molecular complexity index is 273. The third kappa shape index (κ3) is 4.49. The van der Waals surface area contributed by atoms with Crippen LogP contribution in [0.2, 0.25) is 0 Å². The van der Waals surface area contributed by atoms with E-state index in [-0.39, 0.29) is 5.75 Å². The van der Waals surface area contributed by atoms with Crippen molar-refractivity contribution < 1.29 is 8.42 Å². The van der Waals surface area contributed by atoms with E-state index in [2.05, 4.69) is 5.32 Å². The van der Waals surface area contributed by atoms with Gasteiger partial charge in [-0.2, -0.15) is 0 Å². The zero-order chi connectivity index (χ0) is 11.3. The molecule has 1 aliphatic rings. The Hall–Kier alpha value is -0.130. The quantitative estimate of drug-likeness (QED) is 0.676. The molecular formula is C10H22N2O2S. The van der Waals surface area contributed by atoms with Gasteiger partial charge in [0.15, 0.2) is 0 Å². The Morgan fingerprint density at radius 1 is 1.33 bits per heavy atom. The van der Waals surface area contributed by atoms with Crippen molar-refractivity contribution in [3.63, 3.8) is 0 Å². The highest BCUT2D eigenvalue weighted by atomic mass is 32.2. The van der Waals surface area contributed by atoms with Crippen LogP contribution < -0.4 is 5.32 Å². The van der Waals surface area contributed by atoms with Crippen molar-refractivity contribution >= 4 is 10.0 Å². The van der Waals surface area contributed by atoms with Crippen LogP contribution in [-0.4, -0.2) is 44.2 Å². The molecule has 0 aromatic heterocycles. The second-order valence-corrected chi connectivity index (χ2v) is 6.12. The van der Waals surface area contributed by atoms with Crippen LogP contribution in [0, 0.1) is 0 Å². The average Bonchev–Trinajstić information content (AvgIpc) is 2.97. The van der Waals surface area contributed by atoms with Gasteiger partial charge < -0.3 is 5.32 Å². The van der Waals surface area contributed by atoms with Crippen molar-refractivity contribution in [1.82, 2.24) is 9.62 Å². The second-order valence-electron chi connectivity index (χ2n) is 4.04. The molecule has 0 saturated heterocycles. The zero-order valence-electron chi connectivity index (χ0n) is 9.70. The maximum Gasteiger partial charge on any atom is 0.215 e. The molecule has 0 heterocycles. The standard InChI is InChI=1S/C10H22N2O2S/c1-3-8-12(4-2)15(13,14)9-7-11-10-5-6-10/h10-11H,3-9H2,1-2H3. The van der Waals surface area contributed by atoms with Crippen molar-refractivity contribution in [3.05, 3.63) is 0 Å². The van der Waals surface area contributed by atoms with E-state index < -0.39 is 10.0 Å². The molecule has 4 nitrogen and oxygen atoms in total. The summed E-state index contributed by atoms with van der Waals surface area (Å²) in [5, 5.41) is 3.23. The summed E-state index contributed by atoms with van der Waals surface area (Å²) < 4.78 is 25.3. The van der Waals surface area contributed by atoms with Gasteiger partial charge in [0.05, 0.1) is 5.75 Å². The molecule has 5 heteroatoms. The first-order chi connectivity index (χ1) is 7.10. The summed E-state index contributed by atoms with van der Waals surface area (Å²) in [6.45, 7) is 5.71. The fourth-order valence-corrected chi connectivity index (χ4v) is 3.04. The topological polar surface area (TPSA) is 49.4 Å². The van der Waals surface area contributed by atoms with E-state index in [0.29, 0.717) is 25.7 Å². The first-order valence-electron chi connectivity index (χ1n) is 5.81. The fourth-order valence-electron chi connectivity index (χ4n) is 1.55. The van der Waals surface area contributed by atoms with Crippen LogP contribution in [0.15, 0.2) is 0 Å². The van der Waals surface area contributed by atoms with E-state index >= 15 is 0 Å². The van der Waals surface area contributed by atoms with Gasteiger partial charge in [0, 0.05) is 25.7 Å². The number of hydrogen-bond donors (Lipinski definition) is 1. The maximum atomic E-state index is 11.8. The van der Waals surface area contributed by atoms with Crippen LogP contribution in [-0.2, 0) is 10.0 Å². The van der Waals surface area contributed by atoms with Crippen molar-refractivity contribution in [2.75, 3.05) is 25.4 Å². The van der Waals surface area contributed by atoms with Crippen LogP contribution in [0.25, 0.3) is 0 Å². The lowest BCUT2D eigenvalue weighted by molar-refractivity contribution is 0.426. The van der Waals surface area contributed by atoms with Crippen molar-refractivity contribution in [1.29, 1.82) is 0 Å². The van der Waals surface area contributed by atoms with Gasteiger partial charge in [-0.3, -0.25) is 0 Å². The molecule has 0 atom stereocenters. The van der Waals surface area contributed by atoms with Gasteiger partial charge in [-0.1, -0.05) is 13.8 Å². The molecule has 1 saturated carbocycles. The summed E-state index contributed by atoms with van der Waals surface area (Å²) in [6.07, 6.45) is 3.28. The third-order valence-electron chi connectivity index (χ3n) is 2.59. The monoisotopic (exact) mass is 234 g/mol. The van der Waals surface area contributed by atoms with E-state index in [0.717, 1.165) is 6.42 Å².